The van der Waals surface area contributed by atoms with Crippen molar-refractivity contribution in [1.29, 1.82) is 0 Å². The van der Waals surface area contributed by atoms with E-state index in [1.807, 2.05) is 42.3 Å². The highest BCUT2D eigenvalue weighted by molar-refractivity contribution is 9.10. The minimum absolute atomic E-state index is 0.000937. The van der Waals surface area contributed by atoms with Gasteiger partial charge in [-0.2, -0.15) is 0 Å². The third kappa shape index (κ3) is 2.71. The van der Waals surface area contributed by atoms with Gasteiger partial charge in [-0.15, -0.1) is 0 Å². The summed E-state index contributed by atoms with van der Waals surface area (Å²) in [5.41, 5.74) is 3.21. The van der Waals surface area contributed by atoms with Gasteiger partial charge in [-0.05, 0) is 48.7 Å². The van der Waals surface area contributed by atoms with Crippen LogP contribution in [-0.4, -0.2) is 40.2 Å². The van der Waals surface area contributed by atoms with Gasteiger partial charge >= 0.3 is 0 Å². The highest BCUT2D eigenvalue weighted by Crippen LogP contribution is 2.45. The lowest BCUT2D eigenvalue weighted by Gasteiger charge is -2.38. The Balaban J connectivity index is 1.76. The first-order chi connectivity index (χ1) is 12.1. The predicted octanol–water partition coefficient (Wildman–Crippen LogP) is 3.42. The molecule has 2 heterocycles. The Hall–Kier alpha value is -1.69. The molecule has 2 aliphatic heterocycles. The topological polar surface area (TPSA) is 43.8 Å². The molecule has 0 spiro atoms. The van der Waals surface area contributed by atoms with Gasteiger partial charge in [0.2, 0.25) is 0 Å². The van der Waals surface area contributed by atoms with Crippen LogP contribution in [0.15, 0.2) is 53.0 Å². The Morgan fingerprint density at radius 3 is 2.72 bits per heavy atom. The summed E-state index contributed by atoms with van der Waals surface area (Å²) >= 11 is 3.56. The summed E-state index contributed by atoms with van der Waals surface area (Å²) in [6.45, 7) is 2.89. The molecule has 25 heavy (non-hydrogen) atoms. The summed E-state index contributed by atoms with van der Waals surface area (Å²) in [5.74, 6) is 0.00788. The molecule has 2 aromatic carbocycles. The zero-order valence-electron chi connectivity index (χ0n) is 14.1. The molecule has 0 unspecified atom stereocenters. The van der Waals surface area contributed by atoms with Crippen molar-refractivity contribution < 1.29 is 9.90 Å². The standard InChI is InChI=1S/C20H21BrN2O2/c1-13-18(12-24)19-17-11-16(21)8-7-14(17)9-10-22(19)23(13)20(25)15-5-3-2-4-6-15/h2-8,11,13,18-19,24H,9-10,12H2,1H3/t13-,18-,19+/m0/s1. The summed E-state index contributed by atoms with van der Waals surface area (Å²) in [7, 11) is 0. The minimum atomic E-state index is -0.0485. The van der Waals surface area contributed by atoms with Crippen LogP contribution in [0.5, 0.6) is 0 Å². The summed E-state index contributed by atoms with van der Waals surface area (Å²) < 4.78 is 1.03. The van der Waals surface area contributed by atoms with E-state index in [2.05, 4.69) is 39.1 Å². The van der Waals surface area contributed by atoms with E-state index in [1.54, 1.807) is 0 Å². The molecule has 0 saturated carbocycles. The average molecular weight is 401 g/mol. The Morgan fingerprint density at radius 2 is 2.00 bits per heavy atom. The second-order valence-electron chi connectivity index (χ2n) is 6.80. The van der Waals surface area contributed by atoms with E-state index < -0.39 is 0 Å². The van der Waals surface area contributed by atoms with Crippen molar-refractivity contribution in [2.75, 3.05) is 13.2 Å². The van der Waals surface area contributed by atoms with Crippen LogP contribution >= 0.6 is 15.9 Å². The molecule has 3 atom stereocenters. The number of carbonyl (C=O) groups excluding carboxylic acids is 1. The molecule has 2 aromatic rings. The molecule has 0 radical (unpaired) electrons. The molecule has 0 aliphatic carbocycles. The van der Waals surface area contributed by atoms with Gasteiger partial charge in [0.05, 0.1) is 12.1 Å². The summed E-state index contributed by atoms with van der Waals surface area (Å²) in [4.78, 5) is 13.1. The molecule has 0 aromatic heterocycles. The molecular weight excluding hydrogens is 380 g/mol. The second-order valence-corrected chi connectivity index (χ2v) is 7.72. The Kier molecular flexibility index (Phi) is 4.40. The number of rotatable bonds is 2. The van der Waals surface area contributed by atoms with E-state index in [0.717, 1.165) is 17.4 Å². The molecule has 1 amide bonds. The molecule has 4 rings (SSSR count). The van der Waals surface area contributed by atoms with Crippen LogP contribution in [0.3, 0.4) is 0 Å². The molecule has 130 valence electrons. The van der Waals surface area contributed by atoms with Crippen LogP contribution in [0, 0.1) is 5.92 Å². The van der Waals surface area contributed by atoms with E-state index in [1.165, 1.54) is 11.1 Å². The van der Waals surface area contributed by atoms with Gasteiger partial charge in [0, 0.05) is 29.1 Å². The lowest BCUT2D eigenvalue weighted by atomic mass is 9.85. The number of hydrogen-bond donors (Lipinski definition) is 1. The van der Waals surface area contributed by atoms with Gasteiger partial charge in [0.15, 0.2) is 0 Å². The number of nitrogens with zero attached hydrogens (tertiary/aromatic N) is 2. The Labute approximate surface area is 156 Å². The predicted molar refractivity (Wildman–Crippen MR) is 99.9 cm³/mol. The van der Waals surface area contributed by atoms with Crippen molar-refractivity contribution >= 4 is 21.8 Å². The van der Waals surface area contributed by atoms with E-state index >= 15 is 0 Å². The summed E-state index contributed by atoms with van der Waals surface area (Å²) in [6, 6.07) is 15.7. The maximum Gasteiger partial charge on any atom is 0.268 e. The van der Waals surface area contributed by atoms with Crippen molar-refractivity contribution in [2.45, 2.75) is 25.4 Å². The van der Waals surface area contributed by atoms with Crippen LogP contribution < -0.4 is 0 Å². The number of carbonyl (C=O) groups is 1. The normalized spacial score (nSPS) is 25.6. The lowest BCUT2D eigenvalue weighted by Crippen LogP contribution is -2.47. The van der Waals surface area contributed by atoms with Crippen LogP contribution in [-0.2, 0) is 6.42 Å². The van der Waals surface area contributed by atoms with Gasteiger partial charge in [0.25, 0.3) is 5.91 Å². The van der Waals surface area contributed by atoms with E-state index in [0.29, 0.717) is 5.56 Å². The lowest BCUT2D eigenvalue weighted by molar-refractivity contribution is -0.0128. The number of hydrazine groups is 1. The number of hydrogen-bond acceptors (Lipinski definition) is 3. The number of aliphatic hydroxyl groups is 1. The molecule has 1 fully saturated rings. The highest BCUT2D eigenvalue weighted by atomic mass is 79.9. The molecule has 0 bridgehead atoms. The molecular formula is C20H21BrN2O2. The smallest absolute Gasteiger partial charge is 0.268 e. The quantitative estimate of drug-likeness (QED) is 0.839. The van der Waals surface area contributed by atoms with Gasteiger partial charge in [0.1, 0.15) is 0 Å². The maximum absolute atomic E-state index is 13.1. The number of fused-ring (bicyclic) bond motifs is 3. The van der Waals surface area contributed by atoms with Crippen LogP contribution in [0.25, 0.3) is 0 Å². The van der Waals surface area contributed by atoms with Crippen LogP contribution in [0.4, 0.5) is 0 Å². The third-order valence-electron chi connectivity index (χ3n) is 5.49. The Morgan fingerprint density at radius 1 is 1.24 bits per heavy atom. The maximum atomic E-state index is 13.1. The zero-order chi connectivity index (χ0) is 17.6. The first-order valence-corrected chi connectivity index (χ1v) is 9.45. The first kappa shape index (κ1) is 16.8. The summed E-state index contributed by atoms with van der Waals surface area (Å²) in [6.07, 6.45) is 0.905. The van der Waals surface area contributed by atoms with Gasteiger partial charge in [-0.1, -0.05) is 40.2 Å². The average Bonchev–Trinajstić information content (AvgIpc) is 2.93. The van der Waals surface area contributed by atoms with Crippen molar-refractivity contribution in [1.82, 2.24) is 10.0 Å². The van der Waals surface area contributed by atoms with Gasteiger partial charge in [-0.25, -0.2) is 5.01 Å². The fraction of sp³-hybridized carbons (Fsp3) is 0.350. The summed E-state index contributed by atoms with van der Waals surface area (Å²) in [5, 5.41) is 14.1. The van der Waals surface area contributed by atoms with Gasteiger partial charge in [-0.3, -0.25) is 9.80 Å². The first-order valence-electron chi connectivity index (χ1n) is 8.66. The molecule has 1 saturated heterocycles. The number of amides is 1. The number of aliphatic hydroxyl groups excluding tert-OH is 1. The van der Waals surface area contributed by atoms with Crippen molar-refractivity contribution in [3.63, 3.8) is 0 Å². The van der Waals surface area contributed by atoms with Crippen molar-refractivity contribution in [2.24, 2.45) is 5.92 Å². The number of benzene rings is 2. The molecule has 2 aliphatic rings. The van der Waals surface area contributed by atoms with E-state index in [4.69, 9.17) is 0 Å². The largest absolute Gasteiger partial charge is 0.396 e. The highest BCUT2D eigenvalue weighted by Gasteiger charge is 2.49. The molecule has 5 heteroatoms. The SMILES string of the molecule is C[C@H]1[C@H](CO)[C@H]2c3cc(Br)ccc3CCN2N1C(=O)c1ccccc1. The van der Waals surface area contributed by atoms with Gasteiger partial charge < -0.3 is 5.11 Å². The second kappa shape index (κ2) is 6.56. The molecule has 4 nitrogen and oxygen atoms in total. The fourth-order valence-electron chi connectivity index (χ4n) is 4.24. The fourth-order valence-corrected chi connectivity index (χ4v) is 4.62. The van der Waals surface area contributed by atoms with E-state index in [-0.39, 0.29) is 30.5 Å². The van der Waals surface area contributed by atoms with Crippen molar-refractivity contribution in [3.05, 3.63) is 69.7 Å². The third-order valence-corrected chi connectivity index (χ3v) is 5.98. The van der Waals surface area contributed by atoms with Crippen LogP contribution in [0.2, 0.25) is 0 Å². The monoisotopic (exact) mass is 400 g/mol. The van der Waals surface area contributed by atoms with E-state index in [9.17, 15) is 9.90 Å². The molecule has 1 N–H and O–H groups in total. The van der Waals surface area contributed by atoms with Crippen molar-refractivity contribution in [3.8, 4) is 0 Å². The number of halogens is 1. The van der Waals surface area contributed by atoms with Crippen LogP contribution in [0.1, 0.15) is 34.5 Å². The Bertz CT molecular complexity index is 796. The zero-order valence-corrected chi connectivity index (χ0v) is 15.7. The minimum Gasteiger partial charge on any atom is -0.396 e.